The zero-order valence-corrected chi connectivity index (χ0v) is 11.1. The van der Waals surface area contributed by atoms with Crippen LogP contribution in [0.1, 0.15) is 11.4 Å². The van der Waals surface area contributed by atoms with Crippen molar-refractivity contribution in [2.24, 2.45) is 0 Å². The fourth-order valence-corrected chi connectivity index (χ4v) is 2.75. The fraction of sp³-hybridized carbons (Fsp3) is 0.222. The smallest absolute Gasteiger partial charge is 0.258 e. The lowest BCUT2D eigenvalue weighted by atomic mass is 10.2. The lowest BCUT2D eigenvalue weighted by molar-refractivity contribution is -0.385. The molecular weight excluding hydrogens is 288 g/mol. The summed E-state index contributed by atoms with van der Waals surface area (Å²) in [6.45, 7) is 1.35. The molecule has 10 nitrogen and oxygen atoms in total. The van der Waals surface area contributed by atoms with E-state index in [4.69, 9.17) is 0 Å². The lowest BCUT2D eigenvalue weighted by Crippen LogP contribution is -2.24. The first-order valence-electron chi connectivity index (χ1n) is 5.37. The van der Waals surface area contributed by atoms with Gasteiger partial charge in [0.2, 0.25) is 10.0 Å². The van der Waals surface area contributed by atoms with Crippen molar-refractivity contribution in [2.75, 3.05) is 0 Å². The summed E-state index contributed by atoms with van der Waals surface area (Å²) < 4.78 is 26.4. The monoisotopic (exact) mass is 298 g/mol. The molecule has 1 aromatic carbocycles. The molecule has 0 amide bonds. The number of nitro benzene ring substituents is 1. The summed E-state index contributed by atoms with van der Waals surface area (Å²) in [5.41, 5.74) is 0.111. The largest absolute Gasteiger partial charge is 0.269 e. The average molecular weight is 298 g/mol. The Bertz CT molecular complexity index is 727. The van der Waals surface area contributed by atoms with E-state index in [1.807, 2.05) is 0 Å². The van der Waals surface area contributed by atoms with E-state index >= 15 is 0 Å². The molecule has 0 aliphatic heterocycles. The number of nitrogens with zero attached hydrogens (tertiary/aromatic N) is 4. The van der Waals surface area contributed by atoms with Crippen molar-refractivity contribution in [1.29, 1.82) is 0 Å². The van der Waals surface area contributed by atoms with E-state index in [1.165, 1.54) is 19.1 Å². The SMILES string of the molecule is Cc1cc([N+](=O)[O-])ccc1S(=O)(=O)NCc1nn[nH]n1. The zero-order valence-electron chi connectivity index (χ0n) is 10.3. The molecule has 2 aromatic rings. The van der Waals surface area contributed by atoms with E-state index < -0.39 is 14.9 Å². The standard InChI is InChI=1S/C9H10N6O4S/c1-6-4-7(15(16)17)2-3-8(6)20(18,19)10-5-9-11-13-14-12-9/h2-4,10H,5H2,1H3,(H,11,12,13,14). The van der Waals surface area contributed by atoms with Crippen LogP contribution >= 0.6 is 0 Å². The number of benzene rings is 1. The van der Waals surface area contributed by atoms with Gasteiger partial charge in [-0.2, -0.15) is 5.21 Å². The number of rotatable bonds is 5. The number of nitro groups is 1. The molecule has 20 heavy (non-hydrogen) atoms. The van der Waals surface area contributed by atoms with Gasteiger partial charge in [-0.05, 0) is 18.6 Å². The molecule has 0 atom stereocenters. The highest BCUT2D eigenvalue weighted by Crippen LogP contribution is 2.20. The van der Waals surface area contributed by atoms with Crippen LogP contribution in [-0.4, -0.2) is 34.0 Å². The second-order valence-corrected chi connectivity index (χ2v) is 5.59. The van der Waals surface area contributed by atoms with Crippen molar-refractivity contribution in [2.45, 2.75) is 18.4 Å². The topological polar surface area (TPSA) is 144 Å². The summed E-state index contributed by atoms with van der Waals surface area (Å²) in [5, 5.41) is 23.3. The Hall–Kier alpha value is -2.40. The summed E-state index contributed by atoms with van der Waals surface area (Å²) in [6, 6.07) is 3.52. The Balaban J connectivity index is 2.23. The van der Waals surface area contributed by atoms with Crippen LogP contribution in [0.25, 0.3) is 0 Å². The number of aromatic amines is 1. The van der Waals surface area contributed by atoms with E-state index in [-0.39, 0.29) is 28.5 Å². The number of aromatic nitrogens is 4. The van der Waals surface area contributed by atoms with Crippen molar-refractivity contribution in [1.82, 2.24) is 25.3 Å². The highest BCUT2D eigenvalue weighted by Gasteiger charge is 2.19. The molecule has 0 aliphatic carbocycles. The maximum atomic E-state index is 12.1. The number of hydrogen-bond donors (Lipinski definition) is 2. The highest BCUT2D eigenvalue weighted by molar-refractivity contribution is 7.89. The second-order valence-electron chi connectivity index (χ2n) is 3.86. The van der Waals surface area contributed by atoms with Crippen LogP contribution in [0.4, 0.5) is 5.69 Å². The molecule has 0 saturated carbocycles. The first-order valence-corrected chi connectivity index (χ1v) is 6.85. The zero-order chi connectivity index (χ0) is 14.8. The second kappa shape index (κ2) is 5.30. The Morgan fingerprint density at radius 1 is 1.45 bits per heavy atom. The Labute approximate surface area is 113 Å². The van der Waals surface area contributed by atoms with Gasteiger partial charge in [-0.15, -0.1) is 10.2 Å². The molecular formula is C9H10N6O4S. The molecule has 2 rings (SSSR count). The summed E-state index contributed by atoms with van der Waals surface area (Å²) in [7, 11) is -3.80. The number of non-ortho nitro benzene ring substituents is 1. The van der Waals surface area contributed by atoms with Crippen LogP contribution in [0.5, 0.6) is 0 Å². The maximum absolute atomic E-state index is 12.1. The maximum Gasteiger partial charge on any atom is 0.269 e. The molecule has 2 N–H and O–H groups in total. The van der Waals surface area contributed by atoms with E-state index in [1.54, 1.807) is 0 Å². The molecule has 1 aromatic heterocycles. The van der Waals surface area contributed by atoms with Gasteiger partial charge < -0.3 is 0 Å². The predicted octanol–water partition coefficient (Wildman–Crippen LogP) is -0.105. The minimum atomic E-state index is -3.80. The van der Waals surface area contributed by atoms with Crippen molar-refractivity contribution < 1.29 is 13.3 Å². The van der Waals surface area contributed by atoms with E-state index in [0.717, 1.165) is 6.07 Å². The van der Waals surface area contributed by atoms with Gasteiger partial charge in [0.05, 0.1) is 16.4 Å². The van der Waals surface area contributed by atoms with Gasteiger partial charge in [0.15, 0.2) is 5.82 Å². The highest BCUT2D eigenvalue weighted by atomic mass is 32.2. The molecule has 0 saturated heterocycles. The first kappa shape index (κ1) is 14.0. The number of H-pyrrole nitrogens is 1. The summed E-state index contributed by atoms with van der Waals surface area (Å²) in [4.78, 5) is 9.99. The summed E-state index contributed by atoms with van der Waals surface area (Å²) in [5.74, 6) is 0.188. The fourth-order valence-electron chi connectivity index (χ4n) is 1.54. The van der Waals surface area contributed by atoms with Crippen LogP contribution in [0.2, 0.25) is 0 Å². The summed E-state index contributed by atoms with van der Waals surface area (Å²) >= 11 is 0. The van der Waals surface area contributed by atoms with Gasteiger partial charge in [-0.25, -0.2) is 13.1 Å². The number of hydrogen-bond acceptors (Lipinski definition) is 7. The number of tetrazole rings is 1. The minimum Gasteiger partial charge on any atom is -0.258 e. The van der Waals surface area contributed by atoms with Gasteiger partial charge in [0.1, 0.15) is 0 Å². The summed E-state index contributed by atoms with van der Waals surface area (Å²) in [6.07, 6.45) is 0. The van der Waals surface area contributed by atoms with Gasteiger partial charge in [0, 0.05) is 12.1 Å². The molecule has 106 valence electrons. The molecule has 0 unspecified atom stereocenters. The van der Waals surface area contributed by atoms with Crippen LogP contribution in [0.15, 0.2) is 23.1 Å². The number of nitrogens with one attached hydrogen (secondary N) is 2. The predicted molar refractivity (Wildman–Crippen MR) is 66.0 cm³/mol. The number of aryl methyl sites for hydroxylation is 1. The van der Waals surface area contributed by atoms with Crippen molar-refractivity contribution in [3.63, 3.8) is 0 Å². The van der Waals surface area contributed by atoms with Crippen LogP contribution in [0, 0.1) is 17.0 Å². The third kappa shape index (κ3) is 2.95. The van der Waals surface area contributed by atoms with Gasteiger partial charge in [-0.3, -0.25) is 10.1 Å². The minimum absolute atomic E-state index is 0.0356. The molecule has 0 bridgehead atoms. The van der Waals surface area contributed by atoms with E-state index in [2.05, 4.69) is 25.3 Å². The molecule has 0 radical (unpaired) electrons. The van der Waals surface area contributed by atoms with Crippen LogP contribution < -0.4 is 4.72 Å². The normalized spacial score (nSPS) is 11.4. The molecule has 11 heteroatoms. The molecule has 0 aliphatic rings. The van der Waals surface area contributed by atoms with Crippen LogP contribution in [0.3, 0.4) is 0 Å². The number of sulfonamides is 1. The Kier molecular flexibility index (Phi) is 3.72. The Morgan fingerprint density at radius 2 is 2.20 bits per heavy atom. The molecule has 1 heterocycles. The van der Waals surface area contributed by atoms with Crippen molar-refractivity contribution in [3.8, 4) is 0 Å². The quantitative estimate of drug-likeness (QED) is 0.579. The van der Waals surface area contributed by atoms with Crippen molar-refractivity contribution in [3.05, 3.63) is 39.7 Å². The molecule has 0 spiro atoms. The van der Waals surface area contributed by atoms with Crippen LogP contribution in [-0.2, 0) is 16.6 Å². The van der Waals surface area contributed by atoms with E-state index in [0.29, 0.717) is 0 Å². The van der Waals surface area contributed by atoms with Gasteiger partial charge in [0.25, 0.3) is 5.69 Å². The average Bonchev–Trinajstić information content (AvgIpc) is 2.89. The van der Waals surface area contributed by atoms with E-state index in [9.17, 15) is 18.5 Å². The van der Waals surface area contributed by atoms with Gasteiger partial charge >= 0.3 is 0 Å². The third-order valence-electron chi connectivity index (χ3n) is 2.47. The van der Waals surface area contributed by atoms with Gasteiger partial charge in [-0.1, -0.05) is 5.21 Å². The first-order chi connectivity index (χ1) is 9.40. The Morgan fingerprint density at radius 3 is 2.75 bits per heavy atom. The van der Waals surface area contributed by atoms with Crippen molar-refractivity contribution >= 4 is 15.7 Å². The third-order valence-corrected chi connectivity index (χ3v) is 4.03. The molecule has 0 fully saturated rings. The lowest BCUT2D eigenvalue weighted by Gasteiger charge is -2.07.